The predicted octanol–water partition coefficient (Wildman–Crippen LogP) is 6.04. The normalized spacial score (nSPS) is 14.2. The number of hydrogen-bond acceptors (Lipinski definition) is 6. The summed E-state index contributed by atoms with van der Waals surface area (Å²) in [5.41, 5.74) is 3.44. The van der Waals surface area contributed by atoms with Crippen LogP contribution in [0.15, 0.2) is 47.6 Å². The van der Waals surface area contributed by atoms with Gasteiger partial charge >= 0.3 is 0 Å². The van der Waals surface area contributed by atoms with Gasteiger partial charge in [0, 0.05) is 22.8 Å². The number of fused-ring (bicyclic) bond motifs is 3. The molecular formula is C26H28N4O2S2. The van der Waals surface area contributed by atoms with Crippen molar-refractivity contribution in [3.8, 4) is 11.4 Å². The van der Waals surface area contributed by atoms with Gasteiger partial charge in [0.1, 0.15) is 4.83 Å². The molecule has 5 rings (SSSR count). The second kappa shape index (κ2) is 8.43. The Balaban J connectivity index is 1.68. The fraction of sp³-hybridized carbons (Fsp3) is 0.346. The Labute approximate surface area is 204 Å². The maximum atomic E-state index is 13.7. The largest absolute Gasteiger partial charge is 0.264 e. The second-order valence-corrected chi connectivity index (χ2v) is 12.6. The molecule has 0 aliphatic heterocycles. The van der Waals surface area contributed by atoms with E-state index in [0.717, 1.165) is 47.0 Å². The smallest absolute Gasteiger partial charge is 0.263 e. The number of thiophene rings is 1. The highest BCUT2D eigenvalue weighted by molar-refractivity contribution is 7.92. The number of nitrogens with one attached hydrogen (secondary N) is 1. The highest BCUT2D eigenvalue weighted by Gasteiger charge is 2.26. The van der Waals surface area contributed by atoms with Crippen LogP contribution >= 0.6 is 11.3 Å². The average Bonchev–Trinajstić information content (AvgIpc) is 3.17. The molecule has 8 heteroatoms. The molecule has 1 aliphatic carbocycles. The van der Waals surface area contributed by atoms with Crippen molar-refractivity contribution >= 4 is 37.4 Å². The van der Waals surface area contributed by atoms with Gasteiger partial charge in [0.15, 0.2) is 11.6 Å². The molecule has 1 aliphatic rings. The van der Waals surface area contributed by atoms with Crippen LogP contribution in [0.3, 0.4) is 0 Å². The van der Waals surface area contributed by atoms with Gasteiger partial charge < -0.3 is 0 Å². The van der Waals surface area contributed by atoms with Crippen molar-refractivity contribution in [3.05, 3.63) is 64.3 Å². The first-order valence-electron chi connectivity index (χ1n) is 11.5. The van der Waals surface area contributed by atoms with Gasteiger partial charge in [-0.15, -0.1) is 11.3 Å². The minimum atomic E-state index is -3.87. The van der Waals surface area contributed by atoms with Gasteiger partial charge in [-0.05, 0) is 72.9 Å². The summed E-state index contributed by atoms with van der Waals surface area (Å²) in [6.45, 7) is 8.05. The molecule has 176 valence electrons. The SMILES string of the molecule is Cc1ccc(C(C)(C)C)cc1S(=O)(=O)Nc1nc(-c2cccnc2)nc2sc3c(c12)CCCC3. The van der Waals surface area contributed by atoms with Crippen molar-refractivity contribution in [1.82, 2.24) is 15.0 Å². The minimum absolute atomic E-state index is 0.167. The topological polar surface area (TPSA) is 84.8 Å². The zero-order valence-corrected chi connectivity index (χ0v) is 21.5. The minimum Gasteiger partial charge on any atom is -0.264 e. The van der Waals surface area contributed by atoms with Crippen LogP contribution < -0.4 is 4.72 Å². The molecule has 6 nitrogen and oxygen atoms in total. The van der Waals surface area contributed by atoms with Gasteiger partial charge in [0.2, 0.25) is 0 Å². The summed E-state index contributed by atoms with van der Waals surface area (Å²) >= 11 is 1.65. The van der Waals surface area contributed by atoms with E-state index in [1.54, 1.807) is 29.8 Å². The van der Waals surface area contributed by atoms with Gasteiger partial charge in [0.25, 0.3) is 10.0 Å². The molecule has 0 amide bonds. The first-order chi connectivity index (χ1) is 16.1. The number of rotatable bonds is 4. The zero-order valence-electron chi connectivity index (χ0n) is 19.8. The molecule has 0 atom stereocenters. The second-order valence-electron chi connectivity index (χ2n) is 9.86. The summed E-state index contributed by atoms with van der Waals surface area (Å²) in [5.74, 6) is 0.820. The van der Waals surface area contributed by atoms with Gasteiger partial charge in [-0.2, -0.15) is 0 Å². The third-order valence-electron chi connectivity index (χ3n) is 6.31. The third-order valence-corrected chi connectivity index (χ3v) is 8.98. The first-order valence-corrected chi connectivity index (χ1v) is 13.8. The van der Waals surface area contributed by atoms with E-state index in [4.69, 9.17) is 9.97 Å². The molecule has 0 saturated carbocycles. The fourth-order valence-electron chi connectivity index (χ4n) is 4.39. The Bertz CT molecular complexity index is 1490. The molecule has 4 aromatic rings. The molecular weight excluding hydrogens is 464 g/mol. The summed E-state index contributed by atoms with van der Waals surface area (Å²) in [7, 11) is -3.87. The fourth-order valence-corrected chi connectivity index (χ4v) is 6.94. The van der Waals surface area contributed by atoms with Crippen LogP contribution in [0.2, 0.25) is 0 Å². The number of aryl methyl sites for hydroxylation is 3. The Morgan fingerprint density at radius 3 is 2.59 bits per heavy atom. The average molecular weight is 493 g/mol. The van der Waals surface area contributed by atoms with E-state index < -0.39 is 10.0 Å². The van der Waals surface area contributed by atoms with Crippen molar-refractivity contribution in [3.63, 3.8) is 0 Å². The van der Waals surface area contributed by atoms with E-state index in [1.807, 2.05) is 31.2 Å². The van der Waals surface area contributed by atoms with Crippen LogP contribution in [0.4, 0.5) is 5.82 Å². The van der Waals surface area contributed by atoms with Gasteiger partial charge in [-0.3, -0.25) is 9.71 Å². The Hall–Kier alpha value is -2.84. The maximum absolute atomic E-state index is 13.7. The number of aromatic nitrogens is 3. The molecule has 0 radical (unpaired) electrons. The lowest BCUT2D eigenvalue weighted by Gasteiger charge is -2.21. The summed E-state index contributed by atoms with van der Waals surface area (Å²) in [5, 5.41) is 0.834. The molecule has 34 heavy (non-hydrogen) atoms. The Morgan fingerprint density at radius 2 is 1.85 bits per heavy atom. The summed E-state index contributed by atoms with van der Waals surface area (Å²) in [4.78, 5) is 16.1. The van der Waals surface area contributed by atoms with E-state index in [2.05, 4.69) is 30.5 Å². The first kappa shape index (κ1) is 22.9. The lowest BCUT2D eigenvalue weighted by Crippen LogP contribution is -2.18. The number of hydrogen-bond donors (Lipinski definition) is 1. The molecule has 0 unspecified atom stereocenters. The molecule has 3 aromatic heterocycles. The predicted molar refractivity (Wildman–Crippen MR) is 138 cm³/mol. The van der Waals surface area contributed by atoms with E-state index in [1.165, 1.54) is 10.4 Å². The standard InChI is InChI=1S/C26H28N4O2S2/c1-16-11-12-18(26(2,3)4)14-21(16)34(31,32)30-24-22-19-9-5-6-10-20(19)33-25(22)29-23(28-24)17-8-7-13-27-15-17/h7-8,11-15H,5-6,9-10H2,1-4H3,(H,28,29,30). The van der Waals surface area contributed by atoms with Gasteiger partial charge in [-0.25, -0.2) is 18.4 Å². The molecule has 0 spiro atoms. The van der Waals surface area contributed by atoms with E-state index in [-0.39, 0.29) is 10.3 Å². The molecule has 0 fully saturated rings. The number of pyridine rings is 1. The van der Waals surface area contributed by atoms with Crippen molar-refractivity contribution in [2.45, 2.75) is 63.7 Å². The van der Waals surface area contributed by atoms with Crippen LogP contribution in [0, 0.1) is 6.92 Å². The lowest BCUT2D eigenvalue weighted by atomic mass is 9.87. The van der Waals surface area contributed by atoms with Crippen LogP contribution in [0.25, 0.3) is 21.6 Å². The summed E-state index contributed by atoms with van der Waals surface area (Å²) in [6.07, 6.45) is 7.53. The summed E-state index contributed by atoms with van der Waals surface area (Å²) < 4.78 is 30.3. The summed E-state index contributed by atoms with van der Waals surface area (Å²) in [6, 6.07) is 9.36. The van der Waals surface area contributed by atoms with Crippen molar-refractivity contribution in [1.29, 1.82) is 0 Å². The molecule has 1 aromatic carbocycles. The number of sulfonamides is 1. The molecule has 0 bridgehead atoms. The molecule has 1 N–H and O–H groups in total. The number of benzene rings is 1. The number of nitrogens with zero attached hydrogens (tertiary/aromatic N) is 3. The van der Waals surface area contributed by atoms with Crippen LogP contribution in [0.5, 0.6) is 0 Å². The molecule has 3 heterocycles. The van der Waals surface area contributed by atoms with Crippen molar-refractivity contribution in [2.75, 3.05) is 4.72 Å². The lowest BCUT2D eigenvalue weighted by molar-refractivity contribution is 0.584. The quantitative estimate of drug-likeness (QED) is 0.375. The van der Waals surface area contributed by atoms with Gasteiger partial charge in [-0.1, -0.05) is 32.9 Å². The van der Waals surface area contributed by atoms with Crippen LogP contribution in [0.1, 0.15) is 55.2 Å². The van der Waals surface area contributed by atoms with Crippen molar-refractivity contribution < 1.29 is 8.42 Å². The van der Waals surface area contributed by atoms with E-state index in [9.17, 15) is 8.42 Å². The van der Waals surface area contributed by atoms with Crippen molar-refractivity contribution in [2.24, 2.45) is 0 Å². The monoisotopic (exact) mass is 492 g/mol. The highest BCUT2D eigenvalue weighted by Crippen LogP contribution is 2.40. The number of anilines is 1. The molecule has 0 saturated heterocycles. The van der Waals surface area contributed by atoms with E-state index in [0.29, 0.717) is 17.2 Å². The van der Waals surface area contributed by atoms with Crippen LogP contribution in [-0.4, -0.2) is 23.4 Å². The Morgan fingerprint density at radius 1 is 1.06 bits per heavy atom. The third kappa shape index (κ3) is 4.20. The van der Waals surface area contributed by atoms with Crippen LogP contribution in [-0.2, 0) is 28.3 Å². The highest BCUT2D eigenvalue weighted by atomic mass is 32.2. The maximum Gasteiger partial charge on any atom is 0.263 e. The van der Waals surface area contributed by atoms with E-state index >= 15 is 0 Å². The van der Waals surface area contributed by atoms with Gasteiger partial charge in [0.05, 0.1) is 10.3 Å². The zero-order chi connectivity index (χ0) is 24.1. The Kier molecular flexibility index (Phi) is 5.68.